The van der Waals surface area contributed by atoms with Crippen molar-refractivity contribution < 1.29 is 4.79 Å². The van der Waals surface area contributed by atoms with Crippen molar-refractivity contribution in [3.8, 4) is 0 Å². The fourth-order valence-electron chi connectivity index (χ4n) is 7.02. The summed E-state index contributed by atoms with van der Waals surface area (Å²) in [5, 5.41) is 9.91. The maximum absolute atomic E-state index is 13.3. The number of allylic oxidation sites excluding steroid dienone is 12. The number of anilines is 4. The first-order valence-corrected chi connectivity index (χ1v) is 19.8. The molecule has 0 radical (unpaired) electrons. The zero-order chi connectivity index (χ0) is 39.0. The number of carbonyl (C=O) groups is 1. The van der Waals surface area contributed by atoms with Crippen molar-refractivity contribution in [2.75, 3.05) is 33.9 Å². The molecule has 3 N–H and O–H groups in total. The first kappa shape index (κ1) is 39.4. The summed E-state index contributed by atoms with van der Waals surface area (Å²) in [5.41, 5.74) is 10.8. The van der Waals surface area contributed by atoms with Gasteiger partial charge in [0.25, 0.3) is 5.91 Å². The van der Waals surface area contributed by atoms with E-state index in [1.165, 1.54) is 28.0 Å². The summed E-state index contributed by atoms with van der Waals surface area (Å²) >= 11 is 0. The molecule has 2 aliphatic rings. The molecule has 284 valence electrons. The zero-order valence-electron chi connectivity index (χ0n) is 32.9. The Hall–Kier alpha value is -6.33. The van der Waals surface area contributed by atoms with Crippen molar-refractivity contribution in [2.24, 2.45) is 11.8 Å². The highest BCUT2D eigenvalue weighted by Crippen LogP contribution is 2.30. The molecular formula is C51H54N4O. The van der Waals surface area contributed by atoms with Gasteiger partial charge in [-0.25, -0.2) is 0 Å². The van der Waals surface area contributed by atoms with Crippen molar-refractivity contribution in [2.45, 2.75) is 40.0 Å². The Morgan fingerprint density at radius 2 is 1.50 bits per heavy atom. The van der Waals surface area contributed by atoms with Crippen LogP contribution in [0.3, 0.4) is 0 Å². The second-order valence-corrected chi connectivity index (χ2v) is 14.2. The fraction of sp³-hybridized carbons (Fsp3) is 0.196. The highest BCUT2D eigenvalue weighted by Gasteiger charge is 2.18. The van der Waals surface area contributed by atoms with E-state index in [-0.39, 0.29) is 5.91 Å². The number of amides is 1. The van der Waals surface area contributed by atoms with Crippen molar-refractivity contribution in [1.82, 2.24) is 0 Å². The van der Waals surface area contributed by atoms with Crippen LogP contribution < -0.4 is 20.9 Å². The molecule has 1 aliphatic heterocycles. The molecule has 1 amide bonds. The Kier molecular flexibility index (Phi) is 14.3. The number of hydrogen-bond acceptors (Lipinski definition) is 4. The largest absolute Gasteiger partial charge is 0.385 e. The van der Waals surface area contributed by atoms with Crippen LogP contribution in [0.25, 0.3) is 0 Å². The van der Waals surface area contributed by atoms with E-state index in [4.69, 9.17) is 0 Å². The van der Waals surface area contributed by atoms with Crippen LogP contribution in [0.2, 0.25) is 0 Å². The second kappa shape index (κ2) is 20.4. The van der Waals surface area contributed by atoms with Gasteiger partial charge < -0.3 is 20.9 Å². The number of para-hydroxylation sites is 2. The van der Waals surface area contributed by atoms with Gasteiger partial charge in [-0.15, -0.1) is 0 Å². The number of nitrogens with zero attached hydrogens (tertiary/aromatic N) is 1. The topological polar surface area (TPSA) is 56.4 Å². The third-order valence-electron chi connectivity index (χ3n) is 10.3. The summed E-state index contributed by atoms with van der Waals surface area (Å²) in [6.45, 7) is 8.21. The minimum Gasteiger partial charge on any atom is -0.385 e. The molecule has 0 fully saturated rings. The van der Waals surface area contributed by atoms with Crippen LogP contribution in [0, 0.1) is 11.8 Å². The van der Waals surface area contributed by atoms with Gasteiger partial charge in [-0.2, -0.15) is 0 Å². The average molecular weight is 739 g/mol. The molecular weight excluding hydrogens is 685 g/mol. The van der Waals surface area contributed by atoms with Gasteiger partial charge in [0.15, 0.2) is 0 Å². The molecule has 5 nitrogen and oxygen atoms in total. The first-order chi connectivity index (χ1) is 27.5. The van der Waals surface area contributed by atoms with Crippen LogP contribution in [-0.2, 0) is 6.42 Å². The molecule has 4 aromatic rings. The van der Waals surface area contributed by atoms with Gasteiger partial charge in [0.05, 0.1) is 0 Å². The summed E-state index contributed by atoms with van der Waals surface area (Å²) in [7, 11) is 0. The predicted molar refractivity (Wildman–Crippen MR) is 239 cm³/mol. The van der Waals surface area contributed by atoms with Crippen LogP contribution >= 0.6 is 0 Å². The number of benzene rings is 4. The zero-order valence-corrected chi connectivity index (χ0v) is 32.9. The maximum atomic E-state index is 13.3. The Morgan fingerprint density at radius 3 is 2.20 bits per heavy atom. The molecule has 0 aromatic heterocycles. The van der Waals surface area contributed by atoms with Gasteiger partial charge in [0, 0.05) is 53.8 Å². The lowest BCUT2D eigenvalue weighted by Crippen LogP contribution is -2.18. The van der Waals surface area contributed by atoms with Gasteiger partial charge in [-0.1, -0.05) is 104 Å². The fourth-order valence-corrected chi connectivity index (χ4v) is 7.02. The summed E-state index contributed by atoms with van der Waals surface area (Å²) in [5.74, 6) is 0.785. The number of rotatable bonds is 16. The van der Waals surface area contributed by atoms with E-state index >= 15 is 0 Å². The molecule has 4 aromatic carbocycles. The Labute approximate surface area is 333 Å². The van der Waals surface area contributed by atoms with Crippen LogP contribution in [0.1, 0.15) is 49.5 Å². The molecule has 2 unspecified atom stereocenters. The summed E-state index contributed by atoms with van der Waals surface area (Å²) in [4.78, 5) is 15.5. The van der Waals surface area contributed by atoms with Gasteiger partial charge in [-0.3, -0.25) is 4.79 Å². The van der Waals surface area contributed by atoms with Crippen LogP contribution in [0.15, 0.2) is 205 Å². The number of hydrogen-bond donors (Lipinski definition) is 3. The van der Waals surface area contributed by atoms with E-state index < -0.39 is 0 Å². The number of carbonyl (C=O) groups excluding carboxylic acids is 1. The molecule has 6 rings (SSSR count). The highest BCUT2D eigenvalue weighted by molar-refractivity contribution is 6.04. The normalized spacial score (nSPS) is 16.5. The number of nitrogens with one attached hydrogen (secondary N) is 3. The molecule has 5 heteroatoms. The van der Waals surface area contributed by atoms with Crippen molar-refractivity contribution in [3.05, 3.63) is 216 Å². The predicted octanol–water partition coefficient (Wildman–Crippen LogP) is 12.5. The molecule has 1 aliphatic carbocycles. The second-order valence-electron chi connectivity index (χ2n) is 14.2. The average Bonchev–Trinajstić information content (AvgIpc) is 3.25. The molecule has 0 saturated carbocycles. The van der Waals surface area contributed by atoms with Crippen molar-refractivity contribution in [3.63, 3.8) is 0 Å². The first-order valence-electron chi connectivity index (χ1n) is 19.8. The SMILES string of the molecule is C/C=C(\C=C/CCNc1ccccc1)C1=CCC(C(C)Cc2cccc(C(=O)Nc3ccc(N/C=C\C(=C/C)C4=CCN(c5ccccc5)C=C4)cc3)c2)C=C1. The van der Waals surface area contributed by atoms with Crippen LogP contribution in [-0.4, -0.2) is 19.0 Å². The highest BCUT2D eigenvalue weighted by atomic mass is 16.1. The Bertz CT molecular complexity index is 2150. The van der Waals surface area contributed by atoms with Crippen LogP contribution in [0.5, 0.6) is 0 Å². The smallest absolute Gasteiger partial charge is 0.255 e. The third kappa shape index (κ3) is 11.3. The third-order valence-corrected chi connectivity index (χ3v) is 10.3. The quantitative estimate of drug-likeness (QED) is 0.0791. The van der Waals surface area contributed by atoms with Gasteiger partial charge in [0.2, 0.25) is 0 Å². The molecule has 0 saturated heterocycles. The summed E-state index contributed by atoms with van der Waals surface area (Å²) < 4.78 is 0. The van der Waals surface area contributed by atoms with Gasteiger partial charge in [-0.05, 0) is 146 Å². The minimum atomic E-state index is -0.106. The molecule has 0 bridgehead atoms. The Balaban J connectivity index is 0.942. The molecule has 2 atom stereocenters. The van der Waals surface area contributed by atoms with E-state index in [9.17, 15) is 4.79 Å². The van der Waals surface area contributed by atoms with Gasteiger partial charge in [0.1, 0.15) is 0 Å². The van der Waals surface area contributed by atoms with E-state index in [0.717, 1.165) is 55.0 Å². The van der Waals surface area contributed by atoms with E-state index in [2.05, 4.69) is 163 Å². The lowest BCUT2D eigenvalue weighted by atomic mass is 9.82. The Morgan fingerprint density at radius 1 is 0.786 bits per heavy atom. The molecule has 56 heavy (non-hydrogen) atoms. The maximum Gasteiger partial charge on any atom is 0.255 e. The summed E-state index contributed by atoms with van der Waals surface area (Å²) in [6.07, 6.45) is 29.3. The lowest BCUT2D eigenvalue weighted by molar-refractivity contribution is 0.102. The minimum absolute atomic E-state index is 0.106. The van der Waals surface area contributed by atoms with E-state index in [1.54, 1.807) is 0 Å². The van der Waals surface area contributed by atoms with Gasteiger partial charge >= 0.3 is 0 Å². The lowest BCUT2D eigenvalue weighted by Gasteiger charge is -2.23. The standard InChI is InChI=1S/C51H54N4O/c1-4-41(16-12-13-33-52-47-18-8-6-9-19-47)44-24-22-43(23-25-44)39(3)37-40-15-14-17-46(38-40)51(56)54-49-28-26-48(27-29-49)53-34-30-42(5-2)45-31-35-55(36-32-45)50-20-10-7-11-21-50/h4-12,14-22,24-32,34-35,38-39,43,52-53H,13,23,33,36-37H2,1-3H3,(H,54,56)/b16-12-,34-30-,41-4+,42-5+. The molecule has 1 heterocycles. The molecule has 0 spiro atoms. The summed E-state index contributed by atoms with van der Waals surface area (Å²) in [6, 6.07) is 36.6. The van der Waals surface area contributed by atoms with E-state index in [0.29, 0.717) is 17.4 Å². The van der Waals surface area contributed by atoms with Crippen molar-refractivity contribution in [1.29, 1.82) is 0 Å². The van der Waals surface area contributed by atoms with Crippen molar-refractivity contribution >= 4 is 28.7 Å². The monoisotopic (exact) mass is 738 g/mol. The van der Waals surface area contributed by atoms with E-state index in [1.807, 2.05) is 60.8 Å². The van der Waals surface area contributed by atoms with Crippen LogP contribution in [0.4, 0.5) is 22.7 Å².